The molecule has 0 atom stereocenters. The van der Waals surface area contributed by atoms with Crippen LogP contribution in [0.25, 0.3) is 0 Å². The van der Waals surface area contributed by atoms with Crippen LogP contribution in [0, 0.1) is 5.41 Å². The van der Waals surface area contributed by atoms with Gasteiger partial charge in [-0.2, -0.15) is 5.10 Å². The van der Waals surface area contributed by atoms with Gasteiger partial charge in [0, 0.05) is 18.7 Å². The molecule has 0 aliphatic rings. The zero-order valence-electron chi connectivity index (χ0n) is 10.4. The van der Waals surface area contributed by atoms with Crippen molar-refractivity contribution in [3.05, 3.63) is 16.4 Å². The van der Waals surface area contributed by atoms with Crippen LogP contribution in [0.2, 0.25) is 0 Å². The van der Waals surface area contributed by atoms with Crippen LogP contribution in [0.15, 0.2) is 10.7 Å². The lowest BCUT2D eigenvalue weighted by Crippen LogP contribution is -2.35. The van der Waals surface area contributed by atoms with Crippen molar-refractivity contribution in [2.75, 3.05) is 6.54 Å². The first kappa shape index (κ1) is 13.9. The highest BCUT2D eigenvalue weighted by Gasteiger charge is 2.22. The number of nitrogens with one attached hydrogen (secondary N) is 1. The highest BCUT2D eigenvalue weighted by molar-refractivity contribution is 9.10. The summed E-state index contributed by atoms with van der Waals surface area (Å²) in [6, 6.07) is 0. The normalized spacial score (nSPS) is 11.4. The number of carbonyl (C=O) groups is 2. The molecule has 0 aliphatic heterocycles. The van der Waals surface area contributed by atoms with Crippen LogP contribution in [0.1, 0.15) is 31.3 Å². The molecule has 6 heteroatoms. The van der Waals surface area contributed by atoms with E-state index in [4.69, 9.17) is 0 Å². The first-order valence-electron chi connectivity index (χ1n) is 5.22. The molecule has 1 amide bonds. The Labute approximate surface area is 109 Å². The Balaban J connectivity index is 2.63. The van der Waals surface area contributed by atoms with Gasteiger partial charge in [-0.15, -0.1) is 0 Å². The standard InChI is InChI=1S/C11H16BrN3O2/c1-11(2,3)8(16)5-13-10(17)9-7(12)6-15(4)14-9/h6H,5H2,1-4H3,(H,13,17). The van der Waals surface area contributed by atoms with E-state index in [1.165, 1.54) is 4.68 Å². The van der Waals surface area contributed by atoms with Crippen LogP contribution in [0.5, 0.6) is 0 Å². The Morgan fingerprint density at radius 2 is 2.06 bits per heavy atom. The summed E-state index contributed by atoms with van der Waals surface area (Å²) in [6.07, 6.45) is 1.68. The molecule has 0 aliphatic carbocycles. The monoisotopic (exact) mass is 301 g/mol. The number of Topliss-reactive ketones (excluding diaryl/α,β-unsaturated/α-hetero) is 1. The molecule has 0 unspecified atom stereocenters. The average molecular weight is 302 g/mol. The van der Waals surface area contributed by atoms with Gasteiger partial charge in [0.05, 0.1) is 11.0 Å². The van der Waals surface area contributed by atoms with E-state index in [-0.39, 0.29) is 23.9 Å². The zero-order valence-corrected chi connectivity index (χ0v) is 12.0. The van der Waals surface area contributed by atoms with Crippen molar-refractivity contribution in [1.29, 1.82) is 0 Å². The molecule has 1 aromatic rings. The fraction of sp³-hybridized carbons (Fsp3) is 0.545. The van der Waals surface area contributed by atoms with Gasteiger partial charge in [-0.05, 0) is 15.9 Å². The van der Waals surface area contributed by atoms with Crippen LogP contribution in [-0.4, -0.2) is 28.0 Å². The van der Waals surface area contributed by atoms with Gasteiger partial charge in [-0.25, -0.2) is 0 Å². The number of ketones is 1. The number of aromatic nitrogens is 2. The molecule has 0 radical (unpaired) electrons. The van der Waals surface area contributed by atoms with Gasteiger partial charge in [0.2, 0.25) is 0 Å². The topological polar surface area (TPSA) is 64.0 Å². The molecule has 0 fully saturated rings. The summed E-state index contributed by atoms with van der Waals surface area (Å²) < 4.78 is 2.14. The highest BCUT2D eigenvalue weighted by atomic mass is 79.9. The van der Waals surface area contributed by atoms with Crippen LogP contribution in [0.3, 0.4) is 0 Å². The van der Waals surface area contributed by atoms with E-state index < -0.39 is 5.41 Å². The largest absolute Gasteiger partial charge is 0.344 e. The Kier molecular flexibility index (Phi) is 4.08. The molecule has 1 rings (SSSR count). The summed E-state index contributed by atoms with van der Waals surface area (Å²) in [5.74, 6) is -0.368. The maximum absolute atomic E-state index is 11.7. The van der Waals surface area contributed by atoms with E-state index in [0.29, 0.717) is 4.47 Å². The number of carbonyl (C=O) groups excluding carboxylic acids is 2. The summed E-state index contributed by atoms with van der Waals surface area (Å²) in [5, 5.41) is 6.56. The predicted octanol–water partition coefficient (Wildman–Crippen LogP) is 1.53. The van der Waals surface area contributed by atoms with Crippen molar-refractivity contribution < 1.29 is 9.59 Å². The lowest BCUT2D eigenvalue weighted by atomic mass is 9.91. The Morgan fingerprint density at radius 3 is 2.47 bits per heavy atom. The predicted molar refractivity (Wildman–Crippen MR) is 67.7 cm³/mol. The molecule has 94 valence electrons. The first-order chi connectivity index (χ1) is 7.71. The molecule has 1 heterocycles. The van der Waals surface area contributed by atoms with Crippen LogP contribution >= 0.6 is 15.9 Å². The molecular weight excluding hydrogens is 286 g/mol. The van der Waals surface area contributed by atoms with Crippen molar-refractivity contribution in [3.63, 3.8) is 0 Å². The van der Waals surface area contributed by atoms with E-state index in [0.717, 1.165) is 0 Å². The minimum atomic E-state index is -0.450. The number of rotatable bonds is 3. The second-order valence-electron chi connectivity index (χ2n) is 4.86. The first-order valence-corrected chi connectivity index (χ1v) is 6.02. The molecule has 0 spiro atoms. The maximum atomic E-state index is 11.7. The zero-order chi connectivity index (χ0) is 13.2. The van der Waals surface area contributed by atoms with Gasteiger partial charge in [0.25, 0.3) is 5.91 Å². The molecule has 0 saturated heterocycles. The molecule has 1 N–H and O–H groups in total. The minimum absolute atomic E-state index is 0.0158. The summed E-state index contributed by atoms with van der Waals surface area (Å²) >= 11 is 3.24. The number of nitrogens with zero attached hydrogens (tertiary/aromatic N) is 2. The summed E-state index contributed by atoms with van der Waals surface area (Å²) in [5.41, 5.74) is -0.163. The smallest absolute Gasteiger partial charge is 0.273 e. The number of hydrogen-bond acceptors (Lipinski definition) is 3. The van der Waals surface area contributed by atoms with E-state index >= 15 is 0 Å². The Morgan fingerprint density at radius 1 is 1.47 bits per heavy atom. The lowest BCUT2D eigenvalue weighted by Gasteiger charge is -2.16. The second-order valence-corrected chi connectivity index (χ2v) is 5.71. The number of aryl methyl sites for hydroxylation is 1. The maximum Gasteiger partial charge on any atom is 0.273 e. The van der Waals surface area contributed by atoms with Crippen molar-refractivity contribution >= 4 is 27.6 Å². The average Bonchev–Trinajstić information content (AvgIpc) is 2.52. The van der Waals surface area contributed by atoms with Crippen molar-refractivity contribution in [3.8, 4) is 0 Å². The fourth-order valence-electron chi connectivity index (χ4n) is 1.12. The molecule has 0 saturated carbocycles. The van der Waals surface area contributed by atoms with Gasteiger partial charge < -0.3 is 5.32 Å². The second kappa shape index (κ2) is 5.00. The van der Waals surface area contributed by atoms with Crippen molar-refractivity contribution in [2.45, 2.75) is 20.8 Å². The fourth-order valence-corrected chi connectivity index (χ4v) is 1.68. The van der Waals surface area contributed by atoms with Crippen molar-refractivity contribution in [2.24, 2.45) is 12.5 Å². The van der Waals surface area contributed by atoms with Crippen LogP contribution < -0.4 is 5.32 Å². The van der Waals surface area contributed by atoms with Crippen molar-refractivity contribution in [1.82, 2.24) is 15.1 Å². The minimum Gasteiger partial charge on any atom is -0.344 e. The third kappa shape index (κ3) is 3.66. The summed E-state index contributed by atoms with van der Waals surface area (Å²) in [4.78, 5) is 23.4. The Hall–Kier alpha value is -1.17. The van der Waals surface area contributed by atoms with Gasteiger partial charge in [-0.1, -0.05) is 20.8 Å². The van der Waals surface area contributed by atoms with E-state index in [9.17, 15) is 9.59 Å². The SMILES string of the molecule is Cn1cc(Br)c(C(=O)NCC(=O)C(C)(C)C)n1. The van der Waals surface area contributed by atoms with E-state index in [1.807, 2.05) is 20.8 Å². The number of hydrogen-bond donors (Lipinski definition) is 1. The van der Waals surface area contributed by atoms with Crippen LogP contribution in [-0.2, 0) is 11.8 Å². The number of amides is 1. The third-order valence-electron chi connectivity index (χ3n) is 2.25. The van der Waals surface area contributed by atoms with E-state index in [1.54, 1.807) is 13.2 Å². The molecule has 5 nitrogen and oxygen atoms in total. The molecule has 0 aromatic carbocycles. The quantitative estimate of drug-likeness (QED) is 0.921. The summed E-state index contributed by atoms with van der Waals surface area (Å²) in [7, 11) is 1.72. The van der Waals surface area contributed by atoms with Gasteiger partial charge >= 0.3 is 0 Å². The summed E-state index contributed by atoms with van der Waals surface area (Å²) in [6.45, 7) is 5.47. The Bertz CT molecular complexity index is 446. The highest BCUT2D eigenvalue weighted by Crippen LogP contribution is 2.15. The van der Waals surface area contributed by atoms with Gasteiger partial charge in [0.15, 0.2) is 11.5 Å². The lowest BCUT2D eigenvalue weighted by molar-refractivity contribution is -0.125. The van der Waals surface area contributed by atoms with Gasteiger partial charge in [0.1, 0.15) is 0 Å². The van der Waals surface area contributed by atoms with Crippen LogP contribution in [0.4, 0.5) is 0 Å². The molecular formula is C11H16BrN3O2. The number of halogens is 1. The van der Waals surface area contributed by atoms with E-state index in [2.05, 4.69) is 26.3 Å². The third-order valence-corrected chi connectivity index (χ3v) is 2.83. The molecule has 0 bridgehead atoms. The molecule has 17 heavy (non-hydrogen) atoms. The molecule has 1 aromatic heterocycles. The van der Waals surface area contributed by atoms with Gasteiger partial charge in [-0.3, -0.25) is 14.3 Å².